The van der Waals surface area contributed by atoms with E-state index >= 15 is 0 Å². The third-order valence-corrected chi connectivity index (χ3v) is 2.78. The Labute approximate surface area is 71.5 Å². The molecule has 0 spiro atoms. The summed E-state index contributed by atoms with van der Waals surface area (Å²) in [6, 6.07) is 8.86. The Hall–Kier alpha value is -1.02. The predicted molar refractivity (Wildman–Crippen MR) is 46.2 cm³/mol. The molecule has 2 atom stereocenters. The number of benzene rings is 1. The summed E-state index contributed by atoms with van der Waals surface area (Å²) in [5.41, 5.74) is 1.33. The Morgan fingerprint density at radius 2 is 2.25 bits per heavy atom. The van der Waals surface area contributed by atoms with Crippen LogP contribution in [0.5, 0.6) is 5.75 Å². The number of hydrogen-bond acceptors (Lipinski definition) is 2. The van der Waals surface area contributed by atoms with Gasteiger partial charge in [0.1, 0.15) is 5.75 Å². The first kappa shape index (κ1) is 6.49. The van der Waals surface area contributed by atoms with Crippen LogP contribution in [0.4, 0.5) is 0 Å². The topological polar surface area (TPSA) is 21.3 Å². The molecule has 2 aliphatic heterocycles. The van der Waals surface area contributed by atoms with Gasteiger partial charge in [0, 0.05) is 24.1 Å². The second kappa shape index (κ2) is 2.23. The molecule has 1 aromatic carbocycles. The summed E-state index contributed by atoms with van der Waals surface area (Å²) in [5.74, 6) is 1.77. The van der Waals surface area contributed by atoms with Crippen molar-refractivity contribution in [1.82, 2.24) is 5.32 Å². The van der Waals surface area contributed by atoms with Crippen molar-refractivity contribution in [2.45, 2.75) is 6.04 Å². The van der Waals surface area contributed by atoms with E-state index in [-0.39, 0.29) is 0 Å². The van der Waals surface area contributed by atoms with Crippen LogP contribution in [-0.4, -0.2) is 13.2 Å². The number of rotatable bonds is 0. The monoisotopic (exact) mass is 161 g/mol. The minimum absolute atomic E-state index is 0.565. The summed E-state index contributed by atoms with van der Waals surface area (Å²) in [7, 11) is 0. The number of hydrogen-bond donors (Lipinski definition) is 1. The van der Waals surface area contributed by atoms with Crippen molar-refractivity contribution >= 4 is 0 Å². The molecule has 2 aliphatic rings. The van der Waals surface area contributed by atoms with Crippen molar-refractivity contribution in [3.8, 4) is 5.75 Å². The molecular formula is C10H11NO. The fourth-order valence-electron chi connectivity index (χ4n) is 1.99. The van der Waals surface area contributed by atoms with Crippen LogP contribution in [0.2, 0.25) is 0 Å². The maximum Gasteiger partial charge on any atom is 0.124 e. The lowest BCUT2D eigenvalue weighted by Gasteiger charge is -2.42. The van der Waals surface area contributed by atoms with E-state index in [2.05, 4.69) is 17.4 Å². The second-order valence-corrected chi connectivity index (χ2v) is 3.49. The lowest BCUT2D eigenvalue weighted by atomic mass is 9.84. The first-order chi connectivity index (χ1) is 5.95. The van der Waals surface area contributed by atoms with E-state index in [0.29, 0.717) is 12.0 Å². The molecule has 3 rings (SSSR count). The van der Waals surface area contributed by atoms with E-state index in [1.165, 1.54) is 5.56 Å². The number of ether oxygens (including phenoxy) is 1. The lowest BCUT2D eigenvalue weighted by Crippen LogP contribution is -2.50. The molecule has 0 radical (unpaired) electrons. The van der Waals surface area contributed by atoms with Crippen molar-refractivity contribution in [1.29, 1.82) is 0 Å². The number of fused-ring (bicyclic) bond motifs is 3. The Morgan fingerprint density at radius 1 is 1.33 bits per heavy atom. The summed E-state index contributed by atoms with van der Waals surface area (Å²) in [4.78, 5) is 0. The molecule has 1 fully saturated rings. The Kier molecular flexibility index (Phi) is 1.21. The number of nitrogens with one attached hydrogen (secondary N) is 1. The zero-order chi connectivity index (χ0) is 7.97. The van der Waals surface area contributed by atoms with Crippen LogP contribution in [0.3, 0.4) is 0 Å². The van der Waals surface area contributed by atoms with Crippen LogP contribution in [-0.2, 0) is 0 Å². The van der Waals surface area contributed by atoms with Gasteiger partial charge in [-0.1, -0.05) is 18.2 Å². The Balaban J connectivity index is 2.07. The predicted octanol–water partition coefficient (Wildman–Crippen LogP) is 1.34. The fraction of sp³-hybridized carbons (Fsp3) is 0.400. The van der Waals surface area contributed by atoms with E-state index in [4.69, 9.17) is 4.74 Å². The SMILES string of the molecule is c1ccc2c(c1)OCC1CNC21. The first-order valence-electron chi connectivity index (χ1n) is 4.40. The molecular weight excluding hydrogens is 150 g/mol. The summed E-state index contributed by atoms with van der Waals surface area (Å²) < 4.78 is 5.62. The van der Waals surface area contributed by atoms with E-state index in [1.807, 2.05) is 12.1 Å². The molecule has 12 heavy (non-hydrogen) atoms. The highest BCUT2D eigenvalue weighted by molar-refractivity contribution is 5.39. The molecule has 2 nitrogen and oxygen atoms in total. The van der Waals surface area contributed by atoms with E-state index in [9.17, 15) is 0 Å². The zero-order valence-electron chi connectivity index (χ0n) is 6.79. The fourth-order valence-corrected chi connectivity index (χ4v) is 1.99. The van der Waals surface area contributed by atoms with Crippen molar-refractivity contribution in [2.75, 3.05) is 13.2 Å². The van der Waals surface area contributed by atoms with Crippen LogP contribution in [0.15, 0.2) is 24.3 Å². The van der Waals surface area contributed by atoms with Gasteiger partial charge in [0.2, 0.25) is 0 Å². The third kappa shape index (κ3) is 0.730. The molecule has 0 aliphatic carbocycles. The van der Waals surface area contributed by atoms with Crippen molar-refractivity contribution < 1.29 is 4.74 Å². The maximum atomic E-state index is 5.62. The minimum atomic E-state index is 0.565. The molecule has 0 amide bonds. The molecule has 1 aromatic rings. The van der Waals surface area contributed by atoms with Crippen molar-refractivity contribution in [3.05, 3.63) is 29.8 Å². The molecule has 2 heteroatoms. The molecule has 0 saturated carbocycles. The average Bonchev–Trinajstić information content (AvgIpc) is 2.05. The van der Waals surface area contributed by atoms with Crippen LogP contribution < -0.4 is 10.1 Å². The molecule has 62 valence electrons. The van der Waals surface area contributed by atoms with E-state index in [1.54, 1.807) is 0 Å². The summed E-state index contributed by atoms with van der Waals surface area (Å²) in [6.07, 6.45) is 0. The van der Waals surface area contributed by atoms with Gasteiger partial charge in [-0.15, -0.1) is 0 Å². The van der Waals surface area contributed by atoms with Crippen molar-refractivity contribution in [3.63, 3.8) is 0 Å². The Morgan fingerprint density at radius 3 is 3.08 bits per heavy atom. The van der Waals surface area contributed by atoms with Gasteiger partial charge in [-0.05, 0) is 6.07 Å². The Bertz CT molecular complexity index is 310. The van der Waals surface area contributed by atoms with Gasteiger partial charge in [-0.3, -0.25) is 0 Å². The van der Waals surface area contributed by atoms with E-state index < -0.39 is 0 Å². The van der Waals surface area contributed by atoms with Crippen LogP contribution >= 0.6 is 0 Å². The summed E-state index contributed by atoms with van der Waals surface area (Å²) >= 11 is 0. The lowest BCUT2D eigenvalue weighted by molar-refractivity contribution is 0.113. The zero-order valence-corrected chi connectivity index (χ0v) is 6.79. The molecule has 0 bridgehead atoms. The average molecular weight is 161 g/mol. The molecule has 1 N–H and O–H groups in total. The molecule has 2 heterocycles. The summed E-state index contributed by atoms with van der Waals surface area (Å²) in [6.45, 7) is 1.99. The van der Waals surface area contributed by atoms with Crippen LogP contribution in [0.25, 0.3) is 0 Å². The summed E-state index contributed by atoms with van der Waals surface area (Å²) in [5, 5.41) is 3.42. The highest BCUT2D eigenvalue weighted by Crippen LogP contribution is 2.39. The molecule has 2 unspecified atom stereocenters. The third-order valence-electron chi connectivity index (χ3n) is 2.78. The number of para-hydroxylation sites is 1. The van der Waals surface area contributed by atoms with E-state index in [0.717, 1.165) is 18.9 Å². The molecule has 0 aromatic heterocycles. The minimum Gasteiger partial charge on any atom is -0.493 e. The first-order valence-corrected chi connectivity index (χ1v) is 4.40. The van der Waals surface area contributed by atoms with Gasteiger partial charge in [0.15, 0.2) is 0 Å². The highest BCUT2D eigenvalue weighted by atomic mass is 16.5. The quantitative estimate of drug-likeness (QED) is 0.620. The van der Waals surface area contributed by atoms with Crippen molar-refractivity contribution in [2.24, 2.45) is 5.92 Å². The van der Waals surface area contributed by atoms with Gasteiger partial charge in [0.25, 0.3) is 0 Å². The standard InChI is InChI=1S/C10H11NO/c1-2-4-9-8(3-1)10-7(5-11-10)6-12-9/h1-4,7,10-11H,5-6H2. The highest BCUT2D eigenvalue weighted by Gasteiger charge is 2.36. The van der Waals surface area contributed by atoms with Gasteiger partial charge < -0.3 is 10.1 Å². The normalized spacial score (nSPS) is 31.0. The van der Waals surface area contributed by atoms with Gasteiger partial charge in [0.05, 0.1) is 6.61 Å². The van der Waals surface area contributed by atoms with Crippen LogP contribution in [0, 0.1) is 5.92 Å². The largest absolute Gasteiger partial charge is 0.493 e. The maximum absolute atomic E-state index is 5.62. The van der Waals surface area contributed by atoms with Gasteiger partial charge >= 0.3 is 0 Å². The molecule has 1 saturated heterocycles. The van der Waals surface area contributed by atoms with Gasteiger partial charge in [-0.25, -0.2) is 0 Å². The smallest absolute Gasteiger partial charge is 0.124 e. The second-order valence-electron chi connectivity index (χ2n) is 3.49. The van der Waals surface area contributed by atoms with Gasteiger partial charge in [-0.2, -0.15) is 0 Å². The van der Waals surface area contributed by atoms with Crippen LogP contribution in [0.1, 0.15) is 11.6 Å².